The first-order chi connectivity index (χ1) is 14.3. The molecule has 0 unspecified atom stereocenters. The van der Waals surface area contributed by atoms with Crippen molar-refractivity contribution >= 4 is 5.52 Å². The number of aromatic nitrogens is 3. The van der Waals surface area contributed by atoms with Gasteiger partial charge >= 0.3 is 12.4 Å². The molecule has 0 saturated heterocycles. The zero-order valence-electron chi connectivity index (χ0n) is 17.3. The summed E-state index contributed by atoms with van der Waals surface area (Å²) < 4.78 is 82.2. The highest BCUT2D eigenvalue weighted by Crippen LogP contribution is 2.40. The first-order valence-corrected chi connectivity index (χ1v) is 9.69. The van der Waals surface area contributed by atoms with Crippen LogP contribution in [0.25, 0.3) is 16.9 Å². The van der Waals surface area contributed by atoms with Gasteiger partial charge in [-0.25, -0.2) is 4.52 Å². The van der Waals surface area contributed by atoms with E-state index in [4.69, 9.17) is 0 Å². The van der Waals surface area contributed by atoms with Crippen molar-refractivity contribution < 1.29 is 26.3 Å². The number of aryl methyl sites for hydroxylation is 1. The molecule has 0 aliphatic rings. The molecule has 4 nitrogen and oxygen atoms in total. The number of hydrogen-bond donors (Lipinski definition) is 0. The fourth-order valence-electron chi connectivity index (χ4n) is 3.84. The second-order valence-corrected chi connectivity index (χ2v) is 7.46. The van der Waals surface area contributed by atoms with E-state index in [0.717, 1.165) is 23.0 Å². The number of rotatable bonds is 4. The molecule has 0 aliphatic carbocycles. The summed E-state index contributed by atoms with van der Waals surface area (Å²) in [6.45, 7) is 5.61. The first kappa shape index (κ1) is 22.9. The average molecular weight is 445 g/mol. The predicted octanol–water partition coefficient (Wildman–Crippen LogP) is 5.95. The van der Waals surface area contributed by atoms with Crippen LogP contribution in [0.1, 0.15) is 55.0 Å². The van der Waals surface area contributed by atoms with Crippen molar-refractivity contribution in [3.8, 4) is 11.4 Å². The SMILES string of the molecule is CCC(CC)c1cc(C)n2nc(-c3ccc(C(F)(F)F)cc3C(F)(F)F)n(C)c(=O)c12. The quantitative estimate of drug-likeness (QED) is 0.466. The van der Waals surface area contributed by atoms with E-state index in [0.29, 0.717) is 17.8 Å². The summed E-state index contributed by atoms with van der Waals surface area (Å²) in [5.74, 6) is -0.297. The van der Waals surface area contributed by atoms with Gasteiger partial charge < -0.3 is 0 Å². The molecule has 0 saturated carbocycles. The van der Waals surface area contributed by atoms with Crippen LogP contribution in [0.2, 0.25) is 0 Å². The van der Waals surface area contributed by atoms with E-state index in [2.05, 4.69) is 5.10 Å². The number of fused-ring (bicyclic) bond motifs is 1. The highest BCUT2D eigenvalue weighted by Gasteiger charge is 2.39. The third-order valence-electron chi connectivity index (χ3n) is 5.52. The van der Waals surface area contributed by atoms with Gasteiger partial charge in [-0.2, -0.15) is 26.3 Å². The van der Waals surface area contributed by atoms with Gasteiger partial charge in [0.15, 0.2) is 5.82 Å². The molecule has 3 aromatic rings. The Bertz CT molecular complexity index is 1180. The minimum Gasteiger partial charge on any atom is -0.293 e. The zero-order valence-corrected chi connectivity index (χ0v) is 17.3. The summed E-state index contributed by atoms with van der Waals surface area (Å²) in [5.41, 5.74) is -2.52. The molecular weight excluding hydrogens is 424 g/mol. The maximum absolute atomic E-state index is 13.6. The zero-order chi connectivity index (χ0) is 23.3. The largest absolute Gasteiger partial charge is 0.417 e. The maximum Gasteiger partial charge on any atom is 0.417 e. The summed E-state index contributed by atoms with van der Waals surface area (Å²) in [4.78, 5) is 13.1. The number of hydrogen-bond acceptors (Lipinski definition) is 2. The molecule has 0 fully saturated rings. The van der Waals surface area contributed by atoms with Crippen LogP contribution in [0.15, 0.2) is 29.1 Å². The third-order valence-corrected chi connectivity index (χ3v) is 5.52. The van der Waals surface area contributed by atoms with Gasteiger partial charge in [-0.1, -0.05) is 13.8 Å². The molecule has 0 aliphatic heterocycles. The maximum atomic E-state index is 13.6. The van der Waals surface area contributed by atoms with E-state index in [-0.39, 0.29) is 23.3 Å². The summed E-state index contributed by atoms with van der Waals surface area (Å²) in [6, 6.07) is 3.09. The molecule has 31 heavy (non-hydrogen) atoms. The molecule has 2 heterocycles. The van der Waals surface area contributed by atoms with Gasteiger partial charge in [-0.3, -0.25) is 9.36 Å². The highest BCUT2D eigenvalue weighted by molar-refractivity contribution is 5.65. The Morgan fingerprint density at radius 3 is 2.13 bits per heavy atom. The molecule has 0 N–H and O–H groups in total. The second-order valence-electron chi connectivity index (χ2n) is 7.46. The van der Waals surface area contributed by atoms with Crippen molar-refractivity contribution in [1.29, 1.82) is 0 Å². The fraction of sp³-hybridized carbons (Fsp3) is 0.429. The Morgan fingerprint density at radius 1 is 1.00 bits per heavy atom. The smallest absolute Gasteiger partial charge is 0.293 e. The normalized spacial score (nSPS) is 12.9. The summed E-state index contributed by atoms with van der Waals surface area (Å²) >= 11 is 0. The van der Waals surface area contributed by atoms with Crippen LogP contribution in [-0.2, 0) is 19.4 Å². The van der Waals surface area contributed by atoms with Crippen LogP contribution >= 0.6 is 0 Å². The third kappa shape index (κ3) is 3.95. The van der Waals surface area contributed by atoms with E-state index in [1.807, 2.05) is 13.8 Å². The van der Waals surface area contributed by atoms with Crippen molar-refractivity contribution in [3.63, 3.8) is 0 Å². The van der Waals surface area contributed by atoms with Gasteiger partial charge in [0.2, 0.25) is 0 Å². The molecule has 3 rings (SSSR count). The van der Waals surface area contributed by atoms with E-state index in [9.17, 15) is 31.1 Å². The number of nitrogens with zero attached hydrogens (tertiary/aromatic N) is 3. The van der Waals surface area contributed by atoms with E-state index in [1.54, 1.807) is 13.0 Å². The molecule has 0 bridgehead atoms. The van der Waals surface area contributed by atoms with Crippen LogP contribution in [0.4, 0.5) is 26.3 Å². The Labute approximate surface area is 174 Å². The molecule has 2 aromatic heterocycles. The van der Waals surface area contributed by atoms with E-state index in [1.165, 1.54) is 11.6 Å². The van der Waals surface area contributed by atoms with Gasteiger partial charge in [-0.15, -0.1) is 5.10 Å². The lowest BCUT2D eigenvalue weighted by Gasteiger charge is -2.18. The Kier molecular flexibility index (Phi) is 5.70. The van der Waals surface area contributed by atoms with E-state index < -0.39 is 34.6 Å². The van der Waals surface area contributed by atoms with Crippen molar-refractivity contribution in [2.24, 2.45) is 7.05 Å². The summed E-state index contributed by atoms with van der Waals surface area (Å²) in [5, 5.41) is 4.24. The minimum absolute atomic E-state index is 0.0455. The number of benzene rings is 1. The molecule has 0 spiro atoms. The molecule has 10 heteroatoms. The van der Waals surface area contributed by atoms with E-state index >= 15 is 0 Å². The van der Waals surface area contributed by atoms with Gasteiger partial charge in [0.1, 0.15) is 5.52 Å². The predicted molar refractivity (Wildman–Crippen MR) is 104 cm³/mol. The van der Waals surface area contributed by atoms with Gasteiger partial charge in [-0.05, 0) is 55.5 Å². The second kappa shape index (κ2) is 7.72. The minimum atomic E-state index is -5.07. The van der Waals surface area contributed by atoms with Crippen molar-refractivity contribution in [2.75, 3.05) is 0 Å². The average Bonchev–Trinajstić information content (AvgIpc) is 3.00. The monoisotopic (exact) mass is 445 g/mol. The number of alkyl halides is 6. The lowest BCUT2D eigenvalue weighted by Crippen LogP contribution is -2.25. The topological polar surface area (TPSA) is 39.3 Å². The van der Waals surface area contributed by atoms with Crippen molar-refractivity contribution in [1.82, 2.24) is 14.2 Å². The standard InChI is InChI=1S/C21H21F6N3O/c1-5-12(6-2)15-9-11(3)30-17(15)19(31)29(4)18(28-30)14-8-7-13(20(22,23)24)10-16(14)21(25,26)27/h7-10,12H,5-6H2,1-4H3. The molecule has 0 radical (unpaired) electrons. The van der Waals surface area contributed by atoms with Crippen LogP contribution in [0, 0.1) is 6.92 Å². The molecule has 0 amide bonds. The lowest BCUT2D eigenvalue weighted by molar-refractivity contribution is -0.142. The van der Waals surface area contributed by atoms with Gasteiger partial charge in [0.25, 0.3) is 5.56 Å². The van der Waals surface area contributed by atoms with Crippen molar-refractivity contribution in [2.45, 2.75) is 51.9 Å². The molecule has 1 aromatic carbocycles. The Morgan fingerprint density at radius 2 is 1.61 bits per heavy atom. The Balaban J connectivity index is 2.36. The molecule has 168 valence electrons. The lowest BCUT2D eigenvalue weighted by atomic mass is 9.95. The molecular formula is C21H21F6N3O. The fourth-order valence-corrected chi connectivity index (χ4v) is 3.84. The first-order valence-electron chi connectivity index (χ1n) is 9.69. The van der Waals surface area contributed by atoms with Gasteiger partial charge in [0.05, 0.1) is 11.1 Å². The van der Waals surface area contributed by atoms with Crippen LogP contribution in [0.3, 0.4) is 0 Å². The highest BCUT2D eigenvalue weighted by atomic mass is 19.4. The summed E-state index contributed by atoms with van der Waals surface area (Å²) in [6.07, 6.45) is -8.49. The van der Waals surface area contributed by atoms with Crippen LogP contribution in [0.5, 0.6) is 0 Å². The summed E-state index contributed by atoms with van der Waals surface area (Å²) in [7, 11) is 1.27. The van der Waals surface area contributed by atoms with Crippen molar-refractivity contribution in [3.05, 3.63) is 57.0 Å². The van der Waals surface area contributed by atoms with Gasteiger partial charge in [0, 0.05) is 18.3 Å². The van der Waals surface area contributed by atoms with Crippen LogP contribution < -0.4 is 5.56 Å². The van der Waals surface area contributed by atoms with Crippen LogP contribution in [-0.4, -0.2) is 14.2 Å². The molecule has 0 atom stereocenters. The Hall–Kier alpha value is -2.78. The number of halogens is 6.